The van der Waals surface area contributed by atoms with E-state index in [1.54, 1.807) is 17.6 Å². The summed E-state index contributed by atoms with van der Waals surface area (Å²) in [7, 11) is 0. The van der Waals surface area contributed by atoms with E-state index in [0.29, 0.717) is 6.61 Å². The van der Waals surface area contributed by atoms with E-state index in [9.17, 15) is 0 Å². The second kappa shape index (κ2) is 4.06. The van der Waals surface area contributed by atoms with Crippen LogP contribution < -0.4 is 0 Å². The van der Waals surface area contributed by atoms with Gasteiger partial charge in [-0.05, 0) is 23.8 Å². The summed E-state index contributed by atoms with van der Waals surface area (Å²) in [6.45, 7) is 2.40. The molecular formula is C7H9NOS. The van der Waals surface area contributed by atoms with E-state index in [4.69, 9.17) is 4.84 Å². The van der Waals surface area contributed by atoms with Crippen molar-refractivity contribution in [2.45, 2.75) is 13.5 Å². The first-order valence-electron chi connectivity index (χ1n) is 3.04. The molecule has 10 heavy (non-hydrogen) atoms. The maximum atomic E-state index is 4.90. The molecule has 0 aliphatic carbocycles. The zero-order valence-corrected chi connectivity index (χ0v) is 6.60. The van der Waals surface area contributed by atoms with Gasteiger partial charge in [0.1, 0.15) is 6.61 Å². The standard InChI is InChI=1S/C7H9NOS/c1-2-8-9-5-7-3-4-10-6-7/h2-4,6H,5H2,1H3. The second-order valence-corrected chi connectivity index (χ2v) is 2.55. The van der Waals surface area contributed by atoms with Gasteiger partial charge >= 0.3 is 0 Å². The molecule has 1 heterocycles. The lowest BCUT2D eigenvalue weighted by Crippen LogP contribution is -1.81. The zero-order valence-electron chi connectivity index (χ0n) is 5.78. The lowest BCUT2D eigenvalue weighted by molar-refractivity contribution is 0.132. The van der Waals surface area contributed by atoms with Crippen LogP contribution in [-0.2, 0) is 11.4 Å². The van der Waals surface area contributed by atoms with Crippen LogP contribution in [0, 0.1) is 0 Å². The van der Waals surface area contributed by atoms with Gasteiger partial charge in [0.25, 0.3) is 0 Å². The molecule has 0 saturated carbocycles. The highest BCUT2D eigenvalue weighted by atomic mass is 32.1. The van der Waals surface area contributed by atoms with Gasteiger partial charge in [-0.2, -0.15) is 11.3 Å². The molecule has 0 aromatic carbocycles. The third kappa shape index (κ3) is 2.19. The quantitative estimate of drug-likeness (QED) is 0.484. The molecule has 0 spiro atoms. The lowest BCUT2D eigenvalue weighted by Gasteiger charge is -1.92. The van der Waals surface area contributed by atoms with Crippen molar-refractivity contribution in [3.63, 3.8) is 0 Å². The van der Waals surface area contributed by atoms with E-state index in [2.05, 4.69) is 5.16 Å². The molecule has 3 heteroatoms. The zero-order chi connectivity index (χ0) is 7.23. The van der Waals surface area contributed by atoms with Crippen LogP contribution in [0.2, 0.25) is 0 Å². The molecule has 0 N–H and O–H groups in total. The van der Waals surface area contributed by atoms with Gasteiger partial charge in [0, 0.05) is 11.8 Å². The average Bonchev–Trinajstić information content (AvgIpc) is 2.41. The fraction of sp³-hybridized carbons (Fsp3) is 0.286. The van der Waals surface area contributed by atoms with E-state index in [1.807, 2.05) is 23.8 Å². The first-order valence-corrected chi connectivity index (χ1v) is 3.99. The minimum atomic E-state index is 0.577. The van der Waals surface area contributed by atoms with Crippen LogP contribution in [0.25, 0.3) is 0 Å². The molecule has 0 saturated heterocycles. The lowest BCUT2D eigenvalue weighted by atomic mass is 10.4. The molecule has 0 radical (unpaired) electrons. The number of hydrogen-bond donors (Lipinski definition) is 0. The first-order chi connectivity index (χ1) is 4.93. The van der Waals surface area contributed by atoms with Crippen LogP contribution in [-0.4, -0.2) is 6.21 Å². The number of thiophene rings is 1. The molecule has 0 atom stereocenters. The summed E-state index contributed by atoms with van der Waals surface area (Å²) < 4.78 is 0. The van der Waals surface area contributed by atoms with Gasteiger partial charge in [0.05, 0.1) is 0 Å². The number of rotatable bonds is 3. The van der Waals surface area contributed by atoms with Crippen molar-refractivity contribution in [1.82, 2.24) is 0 Å². The smallest absolute Gasteiger partial charge is 0.143 e. The van der Waals surface area contributed by atoms with Crippen molar-refractivity contribution in [3.05, 3.63) is 22.4 Å². The molecule has 1 rings (SSSR count). The van der Waals surface area contributed by atoms with Gasteiger partial charge in [-0.25, -0.2) is 0 Å². The summed E-state index contributed by atoms with van der Waals surface area (Å²) >= 11 is 1.67. The fourth-order valence-corrected chi connectivity index (χ4v) is 1.21. The van der Waals surface area contributed by atoms with Gasteiger partial charge in [-0.1, -0.05) is 5.16 Å². The Balaban J connectivity index is 2.28. The molecule has 1 aromatic heterocycles. The highest BCUT2D eigenvalue weighted by molar-refractivity contribution is 7.07. The molecular weight excluding hydrogens is 146 g/mol. The van der Waals surface area contributed by atoms with Gasteiger partial charge in [0.2, 0.25) is 0 Å². The van der Waals surface area contributed by atoms with Crippen LogP contribution in [0.1, 0.15) is 12.5 Å². The summed E-state index contributed by atoms with van der Waals surface area (Å²) in [5.74, 6) is 0. The van der Waals surface area contributed by atoms with E-state index >= 15 is 0 Å². The largest absolute Gasteiger partial charge is 0.391 e. The molecule has 0 aliphatic rings. The third-order valence-corrected chi connectivity index (χ3v) is 1.72. The van der Waals surface area contributed by atoms with Crippen LogP contribution >= 0.6 is 11.3 Å². The van der Waals surface area contributed by atoms with Crippen molar-refractivity contribution in [2.75, 3.05) is 0 Å². The molecule has 0 bridgehead atoms. The third-order valence-electron chi connectivity index (χ3n) is 0.991. The summed E-state index contributed by atoms with van der Waals surface area (Å²) in [5, 5.41) is 7.70. The summed E-state index contributed by atoms with van der Waals surface area (Å²) in [6, 6.07) is 2.02. The van der Waals surface area contributed by atoms with Gasteiger partial charge < -0.3 is 4.84 Å². The Morgan fingerprint density at radius 1 is 1.80 bits per heavy atom. The molecule has 0 aliphatic heterocycles. The molecule has 0 unspecified atom stereocenters. The Bertz CT molecular complexity index is 193. The van der Waals surface area contributed by atoms with E-state index in [0.717, 1.165) is 0 Å². The Hall–Kier alpha value is -0.830. The fourth-order valence-electron chi connectivity index (χ4n) is 0.561. The van der Waals surface area contributed by atoms with Crippen LogP contribution in [0.5, 0.6) is 0 Å². The van der Waals surface area contributed by atoms with Crippen molar-refractivity contribution >= 4 is 17.6 Å². The maximum Gasteiger partial charge on any atom is 0.143 e. The summed E-state index contributed by atoms with van der Waals surface area (Å²) in [6.07, 6.45) is 1.63. The van der Waals surface area contributed by atoms with E-state index in [1.165, 1.54) is 5.56 Å². The van der Waals surface area contributed by atoms with Gasteiger partial charge in [-0.3, -0.25) is 0 Å². The van der Waals surface area contributed by atoms with E-state index in [-0.39, 0.29) is 0 Å². The number of hydrogen-bond acceptors (Lipinski definition) is 3. The van der Waals surface area contributed by atoms with E-state index < -0.39 is 0 Å². The minimum absolute atomic E-state index is 0.577. The molecule has 54 valence electrons. The van der Waals surface area contributed by atoms with Crippen LogP contribution in [0.15, 0.2) is 22.0 Å². The summed E-state index contributed by atoms with van der Waals surface area (Å²) in [5.41, 5.74) is 1.18. The normalized spacial score (nSPS) is 10.5. The Kier molecular flexibility index (Phi) is 2.96. The molecule has 0 fully saturated rings. The predicted molar refractivity (Wildman–Crippen MR) is 43.3 cm³/mol. The van der Waals surface area contributed by atoms with Crippen molar-refractivity contribution in [1.29, 1.82) is 0 Å². The van der Waals surface area contributed by atoms with Crippen molar-refractivity contribution < 1.29 is 4.84 Å². The number of oxime groups is 1. The van der Waals surface area contributed by atoms with Crippen molar-refractivity contribution in [3.8, 4) is 0 Å². The Morgan fingerprint density at radius 2 is 2.70 bits per heavy atom. The highest BCUT2D eigenvalue weighted by Gasteiger charge is 1.89. The Labute approximate surface area is 64.1 Å². The maximum absolute atomic E-state index is 4.90. The Morgan fingerprint density at radius 3 is 3.30 bits per heavy atom. The van der Waals surface area contributed by atoms with Gasteiger partial charge in [-0.15, -0.1) is 0 Å². The molecule has 1 aromatic rings. The number of nitrogens with zero attached hydrogens (tertiary/aromatic N) is 1. The van der Waals surface area contributed by atoms with Crippen molar-refractivity contribution in [2.24, 2.45) is 5.16 Å². The monoisotopic (exact) mass is 155 g/mol. The molecule has 2 nitrogen and oxygen atoms in total. The first kappa shape index (κ1) is 7.28. The summed E-state index contributed by atoms with van der Waals surface area (Å²) in [4.78, 5) is 4.90. The molecule has 0 amide bonds. The van der Waals surface area contributed by atoms with Crippen LogP contribution in [0.3, 0.4) is 0 Å². The SMILES string of the molecule is CC=NOCc1ccsc1. The van der Waals surface area contributed by atoms with Gasteiger partial charge in [0.15, 0.2) is 0 Å². The van der Waals surface area contributed by atoms with Crippen LogP contribution in [0.4, 0.5) is 0 Å². The average molecular weight is 155 g/mol. The highest BCUT2D eigenvalue weighted by Crippen LogP contribution is 2.06. The minimum Gasteiger partial charge on any atom is -0.391 e. The topological polar surface area (TPSA) is 21.6 Å². The predicted octanol–water partition coefficient (Wildman–Crippen LogP) is 2.27. The second-order valence-electron chi connectivity index (χ2n) is 1.77.